The molecule has 4 rings (SSSR count). The highest BCUT2D eigenvalue weighted by Gasteiger charge is 2.41. The summed E-state index contributed by atoms with van der Waals surface area (Å²) >= 11 is 0. The normalized spacial score (nSPS) is 22.2. The molecule has 2 aromatic rings. The monoisotopic (exact) mass is 338 g/mol. The van der Waals surface area contributed by atoms with E-state index >= 15 is 0 Å². The van der Waals surface area contributed by atoms with E-state index < -0.39 is 0 Å². The van der Waals surface area contributed by atoms with Gasteiger partial charge in [0.2, 0.25) is 11.8 Å². The van der Waals surface area contributed by atoms with Crippen LogP contribution in [0.5, 0.6) is 0 Å². The molecule has 2 unspecified atom stereocenters. The Morgan fingerprint density at radius 2 is 2.00 bits per heavy atom. The first-order valence-corrected chi connectivity index (χ1v) is 8.70. The molecule has 2 aliphatic rings. The Bertz CT molecular complexity index is 811. The highest BCUT2D eigenvalue weighted by Crippen LogP contribution is 2.26. The Morgan fingerprint density at radius 3 is 2.72 bits per heavy atom. The standard InChI is InChI=1S/C19H22N4O2/c1-12-16(13(2)23(21-12)15-6-4-3-5-7-15)9-19(25)22-10-14-8-18(24)20-17(14)11-22/h3-7,14,17H,8-11H2,1-2H3,(H,20,24). The summed E-state index contributed by atoms with van der Waals surface area (Å²) in [5.74, 6) is 0.492. The average Bonchev–Trinajstić information content (AvgIpc) is 3.22. The predicted octanol–water partition coefficient (Wildman–Crippen LogP) is 1.38. The van der Waals surface area contributed by atoms with Crippen LogP contribution in [0.2, 0.25) is 0 Å². The highest BCUT2D eigenvalue weighted by atomic mass is 16.2. The number of likely N-dealkylation sites (tertiary alicyclic amines) is 1. The number of hydrogen-bond acceptors (Lipinski definition) is 3. The summed E-state index contributed by atoms with van der Waals surface area (Å²) < 4.78 is 1.90. The molecule has 2 saturated heterocycles. The lowest BCUT2D eigenvalue weighted by Crippen LogP contribution is -2.36. The van der Waals surface area contributed by atoms with E-state index in [2.05, 4.69) is 10.4 Å². The second-order valence-electron chi connectivity index (χ2n) is 7.01. The van der Waals surface area contributed by atoms with Crippen LogP contribution in [-0.4, -0.2) is 45.6 Å². The van der Waals surface area contributed by atoms with Crippen LogP contribution >= 0.6 is 0 Å². The van der Waals surface area contributed by atoms with Gasteiger partial charge in [0.05, 0.1) is 23.8 Å². The molecule has 0 spiro atoms. The third-order valence-electron chi connectivity index (χ3n) is 5.36. The molecule has 2 aliphatic heterocycles. The number of carbonyl (C=O) groups excluding carboxylic acids is 2. The maximum atomic E-state index is 12.8. The first-order valence-electron chi connectivity index (χ1n) is 8.70. The van der Waals surface area contributed by atoms with Gasteiger partial charge in [-0.05, 0) is 26.0 Å². The van der Waals surface area contributed by atoms with Crippen molar-refractivity contribution in [1.29, 1.82) is 0 Å². The molecule has 2 fully saturated rings. The summed E-state index contributed by atoms with van der Waals surface area (Å²) in [5, 5.41) is 7.58. The van der Waals surface area contributed by atoms with Gasteiger partial charge in [-0.3, -0.25) is 9.59 Å². The number of benzene rings is 1. The summed E-state index contributed by atoms with van der Waals surface area (Å²) in [6.45, 7) is 5.26. The van der Waals surface area contributed by atoms with E-state index in [1.54, 1.807) is 0 Å². The average molecular weight is 338 g/mol. The van der Waals surface area contributed by atoms with Gasteiger partial charge in [-0.2, -0.15) is 5.10 Å². The van der Waals surface area contributed by atoms with E-state index in [0.717, 1.165) is 22.6 Å². The first kappa shape index (κ1) is 15.9. The molecule has 1 aromatic carbocycles. The molecule has 2 atom stereocenters. The van der Waals surface area contributed by atoms with Gasteiger partial charge in [-0.25, -0.2) is 4.68 Å². The first-order chi connectivity index (χ1) is 12.0. The molecule has 1 aromatic heterocycles. The minimum atomic E-state index is 0.109. The van der Waals surface area contributed by atoms with Gasteiger partial charge in [0.15, 0.2) is 0 Å². The second-order valence-corrected chi connectivity index (χ2v) is 7.01. The molecule has 6 nitrogen and oxygen atoms in total. The van der Waals surface area contributed by atoms with Crippen LogP contribution in [0.15, 0.2) is 30.3 Å². The van der Waals surface area contributed by atoms with Crippen LogP contribution in [0.4, 0.5) is 0 Å². The quantitative estimate of drug-likeness (QED) is 0.919. The van der Waals surface area contributed by atoms with Crippen LogP contribution in [0, 0.1) is 19.8 Å². The van der Waals surface area contributed by atoms with Gasteiger partial charge in [0.25, 0.3) is 0 Å². The van der Waals surface area contributed by atoms with E-state index in [0.29, 0.717) is 25.9 Å². The summed E-state index contributed by atoms with van der Waals surface area (Å²) in [4.78, 5) is 26.1. The molecule has 130 valence electrons. The van der Waals surface area contributed by atoms with Crippen molar-refractivity contribution in [1.82, 2.24) is 20.0 Å². The van der Waals surface area contributed by atoms with Crippen molar-refractivity contribution in [2.24, 2.45) is 5.92 Å². The van der Waals surface area contributed by atoms with Crippen molar-refractivity contribution in [3.05, 3.63) is 47.3 Å². The number of hydrogen-bond donors (Lipinski definition) is 1. The minimum Gasteiger partial charge on any atom is -0.351 e. The molecule has 25 heavy (non-hydrogen) atoms. The number of carbonyl (C=O) groups is 2. The lowest BCUT2D eigenvalue weighted by atomic mass is 10.1. The fourth-order valence-electron chi connectivity index (χ4n) is 3.96. The van der Waals surface area contributed by atoms with E-state index in [1.807, 2.05) is 53.8 Å². The van der Waals surface area contributed by atoms with Crippen LogP contribution < -0.4 is 5.32 Å². The van der Waals surface area contributed by atoms with E-state index in [4.69, 9.17) is 0 Å². The Morgan fingerprint density at radius 1 is 1.24 bits per heavy atom. The van der Waals surface area contributed by atoms with Gasteiger partial charge in [0, 0.05) is 36.7 Å². The number of aryl methyl sites for hydroxylation is 1. The lowest BCUT2D eigenvalue weighted by molar-refractivity contribution is -0.130. The maximum absolute atomic E-state index is 12.8. The van der Waals surface area contributed by atoms with Gasteiger partial charge < -0.3 is 10.2 Å². The molecule has 2 amide bonds. The predicted molar refractivity (Wildman–Crippen MR) is 93.4 cm³/mol. The smallest absolute Gasteiger partial charge is 0.227 e. The fourth-order valence-corrected chi connectivity index (χ4v) is 3.96. The highest BCUT2D eigenvalue weighted by molar-refractivity contribution is 5.82. The van der Waals surface area contributed by atoms with Crippen molar-refractivity contribution in [3.8, 4) is 5.69 Å². The van der Waals surface area contributed by atoms with Gasteiger partial charge in [0.1, 0.15) is 0 Å². The van der Waals surface area contributed by atoms with Gasteiger partial charge in [-0.1, -0.05) is 18.2 Å². The Kier molecular flexibility index (Phi) is 3.82. The zero-order chi connectivity index (χ0) is 17.6. The number of rotatable bonds is 3. The number of aromatic nitrogens is 2. The number of nitrogens with zero attached hydrogens (tertiary/aromatic N) is 3. The molecular weight excluding hydrogens is 316 g/mol. The topological polar surface area (TPSA) is 67.2 Å². The van der Waals surface area contributed by atoms with E-state index in [9.17, 15) is 9.59 Å². The number of fused-ring (bicyclic) bond motifs is 1. The van der Waals surface area contributed by atoms with Crippen molar-refractivity contribution in [3.63, 3.8) is 0 Å². The molecule has 0 aliphatic carbocycles. The fraction of sp³-hybridized carbons (Fsp3) is 0.421. The van der Waals surface area contributed by atoms with Crippen LogP contribution in [0.25, 0.3) is 5.69 Å². The Balaban J connectivity index is 1.51. The maximum Gasteiger partial charge on any atom is 0.227 e. The summed E-state index contributed by atoms with van der Waals surface area (Å²) in [5.41, 5.74) is 3.89. The van der Waals surface area contributed by atoms with E-state index in [-0.39, 0.29) is 23.8 Å². The van der Waals surface area contributed by atoms with Gasteiger partial charge in [-0.15, -0.1) is 0 Å². The molecule has 0 radical (unpaired) electrons. The zero-order valence-corrected chi connectivity index (χ0v) is 14.5. The van der Waals surface area contributed by atoms with E-state index in [1.165, 1.54) is 0 Å². The molecule has 3 heterocycles. The zero-order valence-electron chi connectivity index (χ0n) is 14.5. The third kappa shape index (κ3) is 2.81. The second kappa shape index (κ2) is 6.02. The number of para-hydroxylation sites is 1. The Hall–Kier alpha value is -2.63. The van der Waals surface area contributed by atoms with Crippen molar-refractivity contribution >= 4 is 11.8 Å². The molecule has 0 saturated carbocycles. The summed E-state index contributed by atoms with van der Waals surface area (Å²) in [7, 11) is 0. The van der Waals surface area contributed by atoms with Crippen LogP contribution in [0.1, 0.15) is 23.4 Å². The van der Waals surface area contributed by atoms with Gasteiger partial charge >= 0.3 is 0 Å². The molecule has 0 bridgehead atoms. The van der Waals surface area contributed by atoms with Crippen molar-refractivity contribution in [2.75, 3.05) is 13.1 Å². The summed E-state index contributed by atoms with van der Waals surface area (Å²) in [6, 6.07) is 10.1. The van der Waals surface area contributed by atoms with Crippen molar-refractivity contribution < 1.29 is 9.59 Å². The SMILES string of the molecule is Cc1nn(-c2ccccc2)c(C)c1CC(=O)N1CC2CC(=O)NC2C1. The number of nitrogens with one attached hydrogen (secondary N) is 1. The largest absolute Gasteiger partial charge is 0.351 e. The molecule has 1 N–H and O–H groups in total. The Labute approximate surface area is 146 Å². The lowest BCUT2D eigenvalue weighted by Gasteiger charge is -2.17. The third-order valence-corrected chi connectivity index (χ3v) is 5.36. The molecular formula is C19H22N4O2. The summed E-state index contributed by atoms with van der Waals surface area (Å²) in [6.07, 6.45) is 0.899. The number of amides is 2. The van der Waals surface area contributed by atoms with Crippen LogP contribution in [-0.2, 0) is 16.0 Å². The minimum absolute atomic E-state index is 0.109. The molecule has 6 heteroatoms. The van der Waals surface area contributed by atoms with Crippen molar-refractivity contribution in [2.45, 2.75) is 32.7 Å². The van der Waals surface area contributed by atoms with Crippen LogP contribution in [0.3, 0.4) is 0 Å².